The third kappa shape index (κ3) is 4.45. The van der Waals surface area contributed by atoms with Crippen molar-refractivity contribution in [2.24, 2.45) is 0 Å². The number of thiophene rings is 1. The number of nitrogens with zero attached hydrogens (tertiary/aromatic N) is 3. The van der Waals surface area contributed by atoms with Crippen LogP contribution in [0.1, 0.15) is 29.3 Å². The number of hydrogen-bond acceptors (Lipinski definition) is 6. The standard InChI is InChI=1S/C26H27N3O2S2/c1-3-15-32-26-27-24-23(25(30)29(26)19-9-11-20(31-2)12-10-19)21-13-14-28(17-22(21)33-24)16-18-7-5-4-6-8-18/h4-12H,3,13-17H2,1-2H3. The molecule has 7 heteroatoms. The maximum atomic E-state index is 13.8. The number of ether oxygens (including phenoxy) is 1. The van der Waals surface area contributed by atoms with Crippen LogP contribution in [0.5, 0.6) is 5.75 Å². The quantitative estimate of drug-likeness (QED) is 0.259. The van der Waals surface area contributed by atoms with Crippen LogP contribution in [0.25, 0.3) is 15.9 Å². The fourth-order valence-electron chi connectivity index (χ4n) is 4.30. The van der Waals surface area contributed by atoms with Crippen LogP contribution >= 0.6 is 23.1 Å². The predicted octanol–water partition coefficient (Wildman–Crippen LogP) is 5.52. The van der Waals surface area contributed by atoms with Gasteiger partial charge in [0.05, 0.1) is 18.2 Å². The summed E-state index contributed by atoms with van der Waals surface area (Å²) in [5.74, 6) is 1.69. The maximum absolute atomic E-state index is 13.8. The van der Waals surface area contributed by atoms with Gasteiger partial charge in [-0.05, 0) is 48.2 Å². The molecule has 0 spiro atoms. The molecule has 2 aromatic heterocycles. The first-order chi connectivity index (χ1) is 16.2. The van der Waals surface area contributed by atoms with E-state index < -0.39 is 0 Å². The second kappa shape index (κ2) is 9.71. The molecule has 170 valence electrons. The first-order valence-electron chi connectivity index (χ1n) is 11.3. The van der Waals surface area contributed by atoms with Crippen molar-refractivity contribution < 1.29 is 4.74 Å². The predicted molar refractivity (Wildman–Crippen MR) is 137 cm³/mol. The van der Waals surface area contributed by atoms with E-state index in [1.807, 2.05) is 24.3 Å². The SMILES string of the molecule is CCCSc1nc2sc3c(c2c(=O)n1-c1ccc(OC)cc1)CCN(Cc1ccccc1)C3. The van der Waals surface area contributed by atoms with Crippen LogP contribution in [0.3, 0.4) is 0 Å². The van der Waals surface area contributed by atoms with Crippen molar-refractivity contribution in [3.05, 3.63) is 81.0 Å². The van der Waals surface area contributed by atoms with Crippen LogP contribution < -0.4 is 10.3 Å². The van der Waals surface area contributed by atoms with E-state index >= 15 is 0 Å². The highest BCUT2D eigenvalue weighted by Crippen LogP contribution is 2.35. The molecule has 1 aliphatic heterocycles. The molecule has 0 amide bonds. The first kappa shape index (κ1) is 22.2. The highest BCUT2D eigenvalue weighted by Gasteiger charge is 2.25. The maximum Gasteiger partial charge on any atom is 0.267 e. The summed E-state index contributed by atoms with van der Waals surface area (Å²) < 4.78 is 7.09. The number of fused-ring (bicyclic) bond motifs is 3. The Kier molecular flexibility index (Phi) is 6.53. The van der Waals surface area contributed by atoms with Crippen LogP contribution in [0, 0.1) is 0 Å². The molecule has 0 bridgehead atoms. The molecule has 0 radical (unpaired) electrons. The Hall–Kier alpha value is -2.61. The molecule has 5 rings (SSSR count). The van der Waals surface area contributed by atoms with Gasteiger partial charge in [-0.2, -0.15) is 0 Å². The molecule has 5 nitrogen and oxygen atoms in total. The zero-order chi connectivity index (χ0) is 22.8. The minimum absolute atomic E-state index is 0.0396. The number of aromatic nitrogens is 2. The van der Waals surface area contributed by atoms with Crippen molar-refractivity contribution in [1.29, 1.82) is 0 Å². The summed E-state index contributed by atoms with van der Waals surface area (Å²) in [7, 11) is 1.65. The molecule has 0 N–H and O–H groups in total. The Morgan fingerprint density at radius 2 is 1.91 bits per heavy atom. The van der Waals surface area contributed by atoms with Crippen LogP contribution in [0.4, 0.5) is 0 Å². The van der Waals surface area contributed by atoms with Gasteiger partial charge in [-0.3, -0.25) is 14.3 Å². The van der Waals surface area contributed by atoms with E-state index in [1.54, 1.807) is 34.8 Å². The molecule has 0 fully saturated rings. The van der Waals surface area contributed by atoms with Gasteiger partial charge in [-0.25, -0.2) is 4.98 Å². The normalized spacial score (nSPS) is 13.9. The van der Waals surface area contributed by atoms with Gasteiger partial charge in [0.25, 0.3) is 5.56 Å². The van der Waals surface area contributed by atoms with Crippen molar-refractivity contribution in [3.63, 3.8) is 0 Å². The second-order valence-corrected chi connectivity index (χ2v) is 10.4. The Morgan fingerprint density at radius 3 is 2.64 bits per heavy atom. The van der Waals surface area contributed by atoms with Crippen molar-refractivity contribution in [2.75, 3.05) is 19.4 Å². The third-order valence-corrected chi connectivity index (χ3v) is 8.19. The van der Waals surface area contributed by atoms with Gasteiger partial charge < -0.3 is 4.74 Å². The van der Waals surface area contributed by atoms with Gasteiger partial charge in [0.1, 0.15) is 10.6 Å². The van der Waals surface area contributed by atoms with Gasteiger partial charge in [-0.1, -0.05) is 49.0 Å². The minimum Gasteiger partial charge on any atom is -0.497 e. The fraction of sp³-hybridized carbons (Fsp3) is 0.308. The van der Waals surface area contributed by atoms with E-state index in [1.165, 1.54) is 16.0 Å². The number of rotatable bonds is 7. The Balaban J connectivity index is 1.56. The van der Waals surface area contributed by atoms with Crippen molar-refractivity contribution in [2.45, 2.75) is 38.0 Å². The lowest BCUT2D eigenvalue weighted by molar-refractivity contribution is 0.249. The van der Waals surface area contributed by atoms with Gasteiger partial charge in [0.15, 0.2) is 5.16 Å². The molecule has 0 saturated carbocycles. The number of hydrogen-bond donors (Lipinski definition) is 0. The zero-order valence-corrected chi connectivity index (χ0v) is 20.5. The highest BCUT2D eigenvalue weighted by atomic mass is 32.2. The average molecular weight is 478 g/mol. The summed E-state index contributed by atoms with van der Waals surface area (Å²) >= 11 is 3.33. The number of benzene rings is 2. The van der Waals surface area contributed by atoms with Crippen LogP contribution in [0.15, 0.2) is 64.5 Å². The molecule has 3 heterocycles. The Labute approximate surface area is 202 Å². The van der Waals surface area contributed by atoms with E-state index in [9.17, 15) is 4.79 Å². The van der Waals surface area contributed by atoms with E-state index in [-0.39, 0.29) is 5.56 Å². The molecule has 1 aliphatic rings. The van der Waals surface area contributed by atoms with Crippen LogP contribution in [0.2, 0.25) is 0 Å². The number of thioether (sulfide) groups is 1. The minimum atomic E-state index is 0.0396. The summed E-state index contributed by atoms with van der Waals surface area (Å²) in [6, 6.07) is 18.2. The van der Waals surface area contributed by atoms with Crippen molar-refractivity contribution >= 4 is 33.3 Å². The fourth-order valence-corrected chi connectivity index (χ4v) is 6.47. The average Bonchev–Trinajstić information content (AvgIpc) is 3.21. The Morgan fingerprint density at radius 1 is 1.12 bits per heavy atom. The van der Waals surface area contributed by atoms with Gasteiger partial charge in [0, 0.05) is 30.3 Å². The summed E-state index contributed by atoms with van der Waals surface area (Å²) in [5, 5.41) is 1.56. The van der Waals surface area contributed by atoms with Crippen LogP contribution in [-0.4, -0.2) is 33.9 Å². The smallest absolute Gasteiger partial charge is 0.267 e. The first-order valence-corrected chi connectivity index (χ1v) is 13.1. The lowest BCUT2D eigenvalue weighted by Gasteiger charge is -2.26. The third-order valence-electron chi connectivity index (χ3n) is 5.94. The van der Waals surface area contributed by atoms with Gasteiger partial charge in [0.2, 0.25) is 0 Å². The van der Waals surface area contributed by atoms with Crippen molar-refractivity contribution in [3.8, 4) is 11.4 Å². The molecule has 0 aliphatic carbocycles. The van der Waals surface area contributed by atoms with Crippen LogP contribution in [-0.2, 0) is 19.5 Å². The van der Waals surface area contributed by atoms with Gasteiger partial charge >= 0.3 is 0 Å². The largest absolute Gasteiger partial charge is 0.497 e. The molecular weight excluding hydrogens is 450 g/mol. The lowest BCUT2D eigenvalue weighted by atomic mass is 10.0. The van der Waals surface area contributed by atoms with Gasteiger partial charge in [-0.15, -0.1) is 11.3 Å². The topological polar surface area (TPSA) is 47.4 Å². The molecule has 4 aromatic rings. The summed E-state index contributed by atoms with van der Waals surface area (Å²) in [6.45, 7) is 4.88. The van der Waals surface area contributed by atoms with E-state index in [4.69, 9.17) is 9.72 Å². The zero-order valence-electron chi connectivity index (χ0n) is 18.9. The monoisotopic (exact) mass is 477 g/mol. The molecule has 0 unspecified atom stereocenters. The van der Waals surface area contributed by atoms with Crippen molar-refractivity contribution in [1.82, 2.24) is 14.5 Å². The Bertz CT molecular complexity index is 1310. The van der Waals surface area contributed by atoms with E-state index in [0.717, 1.165) is 65.0 Å². The summed E-state index contributed by atoms with van der Waals surface area (Å²) in [5.41, 5.74) is 3.37. The van der Waals surface area contributed by atoms with E-state index in [2.05, 4.69) is 42.2 Å². The number of methoxy groups -OCH3 is 1. The summed E-state index contributed by atoms with van der Waals surface area (Å²) in [4.78, 5) is 23.4. The highest BCUT2D eigenvalue weighted by molar-refractivity contribution is 7.99. The van der Waals surface area contributed by atoms with E-state index in [0.29, 0.717) is 0 Å². The lowest BCUT2D eigenvalue weighted by Crippen LogP contribution is -2.30. The molecule has 0 atom stereocenters. The molecule has 2 aromatic carbocycles. The second-order valence-electron chi connectivity index (χ2n) is 8.21. The molecule has 0 saturated heterocycles. The molecular formula is C26H27N3O2S2. The molecule has 33 heavy (non-hydrogen) atoms. The summed E-state index contributed by atoms with van der Waals surface area (Å²) in [6.07, 6.45) is 1.90.